The Morgan fingerprint density at radius 2 is 2.12 bits per heavy atom. The Morgan fingerprint density at radius 3 is 2.62 bits per heavy atom. The molecule has 1 aromatic rings. The van der Waals surface area contributed by atoms with Crippen LogP contribution >= 0.6 is 27.3 Å². The fourth-order valence-corrected chi connectivity index (χ4v) is 2.93. The molecule has 0 radical (unpaired) electrons. The van der Waals surface area contributed by atoms with Gasteiger partial charge in [0.1, 0.15) is 0 Å². The fourth-order valence-electron chi connectivity index (χ4n) is 1.40. The molecule has 0 aromatic carbocycles. The summed E-state index contributed by atoms with van der Waals surface area (Å²) >= 11 is 5.29. The largest absolute Gasteiger partial charge is 0.311 e. The van der Waals surface area contributed by atoms with Gasteiger partial charge >= 0.3 is 0 Å². The summed E-state index contributed by atoms with van der Waals surface area (Å²) in [5.41, 5.74) is 0.215. The quantitative estimate of drug-likeness (QED) is 0.897. The van der Waals surface area contributed by atoms with Gasteiger partial charge in [-0.2, -0.15) is 0 Å². The van der Waals surface area contributed by atoms with Crippen LogP contribution in [0.5, 0.6) is 0 Å². The van der Waals surface area contributed by atoms with Crippen molar-refractivity contribution in [2.75, 3.05) is 20.1 Å². The summed E-state index contributed by atoms with van der Waals surface area (Å²) in [6, 6.07) is 2.19. The van der Waals surface area contributed by atoms with Crippen molar-refractivity contribution in [1.29, 1.82) is 0 Å². The van der Waals surface area contributed by atoms with E-state index in [1.165, 1.54) is 9.35 Å². The van der Waals surface area contributed by atoms with Crippen LogP contribution in [-0.2, 0) is 6.54 Å². The Bertz CT molecular complexity index is 317. The minimum absolute atomic E-state index is 0.215. The number of hydrogen-bond acceptors (Lipinski definition) is 3. The first kappa shape index (κ1) is 14.2. The molecule has 0 aliphatic carbocycles. The maximum Gasteiger partial charge on any atom is 0.0325 e. The van der Waals surface area contributed by atoms with Crippen molar-refractivity contribution < 1.29 is 0 Å². The van der Waals surface area contributed by atoms with Gasteiger partial charge in [-0.25, -0.2) is 0 Å². The summed E-state index contributed by atoms with van der Waals surface area (Å²) in [5, 5.41) is 5.63. The number of nitrogens with zero attached hydrogens (tertiary/aromatic N) is 1. The minimum Gasteiger partial charge on any atom is -0.311 e. The van der Waals surface area contributed by atoms with Gasteiger partial charge in [0.15, 0.2) is 0 Å². The molecule has 1 aromatic heterocycles. The molecular weight excluding hydrogens is 284 g/mol. The first-order chi connectivity index (χ1) is 7.37. The maximum absolute atomic E-state index is 3.50. The zero-order valence-corrected chi connectivity index (χ0v) is 12.9. The first-order valence-corrected chi connectivity index (χ1v) is 7.20. The van der Waals surface area contributed by atoms with Crippen LogP contribution < -0.4 is 5.32 Å². The lowest BCUT2D eigenvalue weighted by Gasteiger charge is -2.23. The third-order valence-electron chi connectivity index (χ3n) is 2.20. The molecule has 0 fully saturated rings. The van der Waals surface area contributed by atoms with Crippen molar-refractivity contribution in [2.45, 2.75) is 32.9 Å². The van der Waals surface area contributed by atoms with E-state index in [0.29, 0.717) is 0 Å². The average molecular weight is 305 g/mol. The van der Waals surface area contributed by atoms with Gasteiger partial charge in [-0.15, -0.1) is 11.3 Å². The van der Waals surface area contributed by atoms with Crippen molar-refractivity contribution >= 4 is 27.3 Å². The van der Waals surface area contributed by atoms with Crippen LogP contribution in [0.15, 0.2) is 15.9 Å². The lowest BCUT2D eigenvalue weighted by atomic mass is 10.1. The Morgan fingerprint density at radius 1 is 1.44 bits per heavy atom. The van der Waals surface area contributed by atoms with E-state index in [4.69, 9.17) is 0 Å². The minimum atomic E-state index is 0.215. The van der Waals surface area contributed by atoms with E-state index in [1.807, 2.05) is 11.3 Å². The van der Waals surface area contributed by atoms with E-state index in [2.05, 4.69) is 65.4 Å². The SMILES string of the molecule is CN(CCNC(C)(C)C)Cc1cc(Br)cs1. The van der Waals surface area contributed by atoms with Gasteiger partial charge in [0.2, 0.25) is 0 Å². The Labute approximate surface area is 111 Å². The van der Waals surface area contributed by atoms with Crippen molar-refractivity contribution in [2.24, 2.45) is 0 Å². The molecular formula is C12H21BrN2S. The molecule has 1 rings (SSSR count). The molecule has 2 nitrogen and oxygen atoms in total. The highest BCUT2D eigenvalue weighted by atomic mass is 79.9. The smallest absolute Gasteiger partial charge is 0.0325 e. The topological polar surface area (TPSA) is 15.3 Å². The van der Waals surface area contributed by atoms with Crippen LogP contribution in [-0.4, -0.2) is 30.6 Å². The average Bonchev–Trinajstić information content (AvgIpc) is 2.48. The normalized spacial score (nSPS) is 12.4. The number of nitrogens with one attached hydrogen (secondary N) is 1. The summed E-state index contributed by atoms with van der Waals surface area (Å²) in [6.45, 7) is 9.73. The number of rotatable bonds is 5. The highest BCUT2D eigenvalue weighted by Gasteiger charge is 2.09. The van der Waals surface area contributed by atoms with Gasteiger partial charge in [-0.1, -0.05) is 0 Å². The zero-order chi connectivity index (χ0) is 12.2. The molecule has 0 atom stereocenters. The molecule has 4 heteroatoms. The lowest BCUT2D eigenvalue weighted by Crippen LogP contribution is -2.40. The predicted molar refractivity (Wildman–Crippen MR) is 76.1 cm³/mol. The second-order valence-corrected chi connectivity index (χ2v) is 7.06. The Hall–Kier alpha value is 0.1000. The molecule has 0 saturated carbocycles. The number of thiophene rings is 1. The summed E-state index contributed by atoms with van der Waals surface area (Å²) in [6.07, 6.45) is 0. The van der Waals surface area contributed by atoms with Gasteiger partial charge in [0.25, 0.3) is 0 Å². The Kier molecular flexibility index (Phi) is 5.44. The molecule has 0 aliphatic heterocycles. The van der Waals surface area contributed by atoms with Crippen LogP contribution in [0.2, 0.25) is 0 Å². The van der Waals surface area contributed by atoms with E-state index in [-0.39, 0.29) is 5.54 Å². The second-order valence-electron chi connectivity index (χ2n) is 5.15. The molecule has 0 spiro atoms. The summed E-state index contributed by atoms with van der Waals surface area (Å²) in [5.74, 6) is 0. The number of likely N-dealkylation sites (N-methyl/N-ethyl adjacent to an activating group) is 1. The molecule has 16 heavy (non-hydrogen) atoms. The van der Waals surface area contributed by atoms with Crippen molar-refractivity contribution in [3.05, 3.63) is 20.8 Å². The van der Waals surface area contributed by atoms with Crippen LogP contribution in [0.3, 0.4) is 0 Å². The van der Waals surface area contributed by atoms with Crippen LogP contribution in [0, 0.1) is 0 Å². The molecule has 0 unspecified atom stereocenters. The highest BCUT2D eigenvalue weighted by Crippen LogP contribution is 2.20. The van der Waals surface area contributed by atoms with Crippen LogP contribution in [0.25, 0.3) is 0 Å². The van der Waals surface area contributed by atoms with Crippen LogP contribution in [0.1, 0.15) is 25.6 Å². The molecule has 92 valence electrons. The van der Waals surface area contributed by atoms with Gasteiger partial charge in [-0.05, 0) is 49.8 Å². The van der Waals surface area contributed by atoms with Crippen molar-refractivity contribution in [1.82, 2.24) is 10.2 Å². The lowest BCUT2D eigenvalue weighted by molar-refractivity contribution is 0.305. The number of halogens is 1. The van der Waals surface area contributed by atoms with E-state index >= 15 is 0 Å². The zero-order valence-electron chi connectivity index (χ0n) is 10.5. The number of hydrogen-bond donors (Lipinski definition) is 1. The maximum atomic E-state index is 3.50. The molecule has 0 bridgehead atoms. The van der Waals surface area contributed by atoms with E-state index in [0.717, 1.165) is 19.6 Å². The third-order valence-corrected chi connectivity index (χ3v) is 3.88. The summed E-state index contributed by atoms with van der Waals surface area (Å²) < 4.78 is 1.19. The van der Waals surface area contributed by atoms with E-state index < -0.39 is 0 Å². The summed E-state index contributed by atoms with van der Waals surface area (Å²) in [7, 11) is 2.16. The molecule has 0 amide bonds. The molecule has 1 N–H and O–H groups in total. The monoisotopic (exact) mass is 304 g/mol. The van der Waals surface area contributed by atoms with Gasteiger partial charge in [0, 0.05) is 39.9 Å². The standard InChI is InChI=1S/C12H21BrN2S/c1-12(2,3)14-5-6-15(4)8-11-7-10(13)9-16-11/h7,9,14H,5-6,8H2,1-4H3. The molecule has 0 aliphatic rings. The molecule has 0 saturated heterocycles. The fraction of sp³-hybridized carbons (Fsp3) is 0.667. The second kappa shape index (κ2) is 6.15. The predicted octanol–water partition coefficient (Wildman–Crippen LogP) is 3.33. The van der Waals surface area contributed by atoms with Gasteiger partial charge in [-0.3, -0.25) is 0 Å². The van der Waals surface area contributed by atoms with Crippen molar-refractivity contribution in [3.8, 4) is 0 Å². The van der Waals surface area contributed by atoms with E-state index in [9.17, 15) is 0 Å². The molecule has 1 heterocycles. The third kappa shape index (κ3) is 5.99. The highest BCUT2D eigenvalue weighted by molar-refractivity contribution is 9.10. The van der Waals surface area contributed by atoms with Gasteiger partial charge in [0.05, 0.1) is 0 Å². The van der Waals surface area contributed by atoms with Crippen molar-refractivity contribution in [3.63, 3.8) is 0 Å². The first-order valence-electron chi connectivity index (χ1n) is 5.53. The van der Waals surface area contributed by atoms with Gasteiger partial charge < -0.3 is 10.2 Å². The summed E-state index contributed by atoms with van der Waals surface area (Å²) in [4.78, 5) is 3.75. The van der Waals surface area contributed by atoms with E-state index in [1.54, 1.807) is 0 Å². The van der Waals surface area contributed by atoms with Crippen LogP contribution in [0.4, 0.5) is 0 Å². The Balaban J connectivity index is 2.23.